The van der Waals surface area contributed by atoms with E-state index in [0.29, 0.717) is 11.3 Å². The third-order valence-electron chi connectivity index (χ3n) is 2.76. The predicted octanol–water partition coefficient (Wildman–Crippen LogP) is -0.772. The van der Waals surface area contributed by atoms with E-state index >= 15 is 0 Å². The molecule has 0 saturated heterocycles. The fourth-order valence-electron chi connectivity index (χ4n) is 1.67. The number of aromatic nitrogens is 4. The van der Waals surface area contributed by atoms with Gasteiger partial charge in [-0.2, -0.15) is 0 Å². The summed E-state index contributed by atoms with van der Waals surface area (Å²) in [5.74, 6) is -1.72. The van der Waals surface area contributed by atoms with Gasteiger partial charge in [-0.05, 0) is 34.7 Å². The number of carboxylic acids is 1. The Labute approximate surface area is 119 Å². The van der Waals surface area contributed by atoms with Crippen LogP contribution in [0.2, 0.25) is 0 Å². The van der Waals surface area contributed by atoms with Crippen molar-refractivity contribution in [3.63, 3.8) is 0 Å². The smallest absolute Gasteiger partial charge is 0.326 e. The molecule has 0 spiro atoms. The molecule has 0 saturated carbocycles. The third-order valence-corrected chi connectivity index (χ3v) is 2.76. The van der Waals surface area contributed by atoms with Crippen molar-refractivity contribution in [2.45, 2.75) is 12.5 Å². The average Bonchev–Trinajstić information content (AvgIpc) is 3.01. The Morgan fingerprint density at radius 1 is 1.29 bits per heavy atom. The monoisotopic (exact) mass is 291 g/mol. The summed E-state index contributed by atoms with van der Waals surface area (Å²) in [6.07, 6.45) is 1.36. The van der Waals surface area contributed by atoms with Gasteiger partial charge in [-0.15, -0.1) is 5.10 Å². The normalized spacial score (nSPS) is 11.9. The van der Waals surface area contributed by atoms with Crippen LogP contribution in [0, 0.1) is 0 Å². The lowest BCUT2D eigenvalue weighted by atomic mass is 10.1. The van der Waals surface area contributed by atoms with Crippen molar-refractivity contribution in [2.24, 2.45) is 0 Å². The molecule has 1 heterocycles. The van der Waals surface area contributed by atoms with Gasteiger partial charge in [-0.25, -0.2) is 9.48 Å². The third kappa shape index (κ3) is 3.60. The number of carboxylic acid groups (broad SMARTS) is 1. The molecular formula is C12H13N5O4. The molecule has 0 aliphatic carbocycles. The Morgan fingerprint density at radius 3 is 2.52 bits per heavy atom. The SMILES string of the molecule is O=C(N[C@H](CCO)C(=O)O)c1ccc(-n2cnnn2)cc1. The molecule has 0 aliphatic rings. The first-order valence-corrected chi connectivity index (χ1v) is 6.10. The van der Waals surface area contributed by atoms with Crippen molar-refractivity contribution in [1.82, 2.24) is 25.5 Å². The zero-order chi connectivity index (χ0) is 15.2. The van der Waals surface area contributed by atoms with Gasteiger partial charge in [-0.1, -0.05) is 0 Å². The maximum absolute atomic E-state index is 11.9. The van der Waals surface area contributed by atoms with Crippen LogP contribution in [0.4, 0.5) is 0 Å². The zero-order valence-electron chi connectivity index (χ0n) is 10.9. The summed E-state index contributed by atoms with van der Waals surface area (Å²) < 4.78 is 1.42. The van der Waals surface area contributed by atoms with Gasteiger partial charge < -0.3 is 15.5 Å². The van der Waals surface area contributed by atoms with Gasteiger partial charge in [0, 0.05) is 18.6 Å². The molecule has 0 bridgehead atoms. The first-order chi connectivity index (χ1) is 10.1. The van der Waals surface area contributed by atoms with Gasteiger partial charge in [-0.3, -0.25) is 4.79 Å². The van der Waals surface area contributed by atoms with Crippen molar-refractivity contribution >= 4 is 11.9 Å². The molecule has 0 radical (unpaired) electrons. The number of nitrogens with zero attached hydrogens (tertiary/aromatic N) is 4. The largest absolute Gasteiger partial charge is 0.480 e. The van der Waals surface area contributed by atoms with Crippen LogP contribution in [0.15, 0.2) is 30.6 Å². The number of hydrogen-bond donors (Lipinski definition) is 3. The first kappa shape index (κ1) is 14.6. The molecule has 1 aromatic carbocycles. The summed E-state index contributed by atoms with van der Waals surface area (Å²) in [5.41, 5.74) is 0.970. The molecule has 9 heteroatoms. The maximum atomic E-state index is 11.9. The van der Waals surface area contributed by atoms with E-state index in [0.717, 1.165) is 0 Å². The molecule has 9 nitrogen and oxygen atoms in total. The lowest BCUT2D eigenvalue weighted by molar-refractivity contribution is -0.139. The molecule has 2 rings (SSSR count). The zero-order valence-corrected chi connectivity index (χ0v) is 10.9. The standard InChI is InChI=1S/C12H13N5O4/c18-6-5-10(12(20)21)14-11(19)8-1-3-9(4-2-8)17-7-13-15-16-17/h1-4,7,10,18H,5-6H2,(H,14,19)(H,20,21)/t10-/m1/s1. The molecular weight excluding hydrogens is 278 g/mol. The van der Waals surface area contributed by atoms with E-state index in [-0.39, 0.29) is 13.0 Å². The number of carbonyl (C=O) groups is 2. The van der Waals surface area contributed by atoms with Crippen LogP contribution in [0.5, 0.6) is 0 Å². The van der Waals surface area contributed by atoms with Crippen LogP contribution < -0.4 is 5.32 Å². The quantitative estimate of drug-likeness (QED) is 0.636. The van der Waals surface area contributed by atoms with Gasteiger partial charge in [0.15, 0.2) is 0 Å². The van der Waals surface area contributed by atoms with Crippen LogP contribution in [0.25, 0.3) is 5.69 Å². The Balaban J connectivity index is 2.07. The molecule has 1 amide bonds. The van der Waals surface area contributed by atoms with Crippen molar-refractivity contribution in [2.75, 3.05) is 6.61 Å². The van der Waals surface area contributed by atoms with Gasteiger partial charge in [0.2, 0.25) is 0 Å². The summed E-state index contributed by atoms with van der Waals surface area (Å²) in [6, 6.07) is 5.20. The second kappa shape index (κ2) is 6.57. The first-order valence-electron chi connectivity index (χ1n) is 6.10. The van der Waals surface area contributed by atoms with Gasteiger partial charge in [0.1, 0.15) is 12.4 Å². The highest BCUT2D eigenvalue weighted by molar-refractivity contribution is 5.96. The molecule has 0 aliphatic heterocycles. The average molecular weight is 291 g/mol. The summed E-state index contributed by atoms with van der Waals surface area (Å²) in [6.45, 7) is -0.324. The molecule has 3 N–H and O–H groups in total. The van der Waals surface area contributed by atoms with Crippen molar-refractivity contribution in [1.29, 1.82) is 0 Å². The summed E-state index contributed by atoms with van der Waals surface area (Å²) in [7, 11) is 0. The number of amides is 1. The van der Waals surface area contributed by atoms with Crippen molar-refractivity contribution in [3.8, 4) is 5.69 Å². The van der Waals surface area contributed by atoms with E-state index in [2.05, 4.69) is 20.8 Å². The van der Waals surface area contributed by atoms with Gasteiger partial charge in [0.25, 0.3) is 5.91 Å². The van der Waals surface area contributed by atoms with E-state index < -0.39 is 17.9 Å². The molecule has 0 fully saturated rings. The van der Waals surface area contributed by atoms with E-state index in [9.17, 15) is 9.59 Å². The molecule has 2 aromatic rings. The number of aliphatic hydroxyl groups excluding tert-OH is 1. The second-order valence-corrected chi connectivity index (χ2v) is 4.18. The Bertz CT molecular complexity index is 611. The van der Waals surface area contributed by atoms with Crippen LogP contribution in [-0.4, -0.2) is 54.9 Å². The van der Waals surface area contributed by atoms with E-state index in [1.165, 1.54) is 23.1 Å². The number of benzene rings is 1. The molecule has 21 heavy (non-hydrogen) atoms. The van der Waals surface area contributed by atoms with Crippen LogP contribution in [0.1, 0.15) is 16.8 Å². The summed E-state index contributed by atoms with van der Waals surface area (Å²) in [5, 5.41) is 30.7. The lowest BCUT2D eigenvalue weighted by Crippen LogP contribution is -2.41. The van der Waals surface area contributed by atoms with E-state index in [1.54, 1.807) is 12.1 Å². The lowest BCUT2D eigenvalue weighted by Gasteiger charge is -2.13. The maximum Gasteiger partial charge on any atom is 0.326 e. The minimum atomic E-state index is -1.19. The predicted molar refractivity (Wildman–Crippen MR) is 69.7 cm³/mol. The molecule has 0 unspecified atom stereocenters. The van der Waals surface area contributed by atoms with E-state index in [1.807, 2.05) is 0 Å². The number of aliphatic carboxylic acids is 1. The van der Waals surface area contributed by atoms with Crippen LogP contribution in [-0.2, 0) is 4.79 Å². The summed E-state index contributed by atoms with van der Waals surface area (Å²) in [4.78, 5) is 22.8. The number of carbonyl (C=O) groups excluding carboxylic acids is 1. The number of nitrogens with one attached hydrogen (secondary N) is 1. The Hall–Kier alpha value is -2.81. The topological polar surface area (TPSA) is 130 Å². The fourth-order valence-corrected chi connectivity index (χ4v) is 1.67. The minimum Gasteiger partial charge on any atom is -0.480 e. The molecule has 110 valence electrons. The Morgan fingerprint density at radius 2 is 2.00 bits per heavy atom. The second-order valence-electron chi connectivity index (χ2n) is 4.18. The highest BCUT2D eigenvalue weighted by Crippen LogP contribution is 2.08. The number of tetrazole rings is 1. The number of hydrogen-bond acceptors (Lipinski definition) is 6. The van der Waals surface area contributed by atoms with Crippen LogP contribution in [0.3, 0.4) is 0 Å². The number of rotatable bonds is 6. The van der Waals surface area contributed by atoms with Crippen molar-refractivity contribution in [3.05, 3.63) is 36.2 Å². The highest BCUT2D eigenvalue weighted by Gasteiger charge is 2.19. The molecule has 1 atom stereocenters. The summed E-state index contributed by atoms with van der Waals surface area (Å²) >= 11 is 0. The van der Waals surface area contributed by atoms with Gasteiger partial charge >= 0.3 is 5.97 Å². The number of aliphatic hydroxyl groups is 1. The Kier molecular flexibility index (Phi) is 4.57. The van der Waals surface area contributed by atoms with Gasteiger partial charge in [0.05, 0.1) is 5.69 Å². The van der Waals surface area contributed by atoms with Crippen LogP contribution >= 0.6 is 0 Å². The van der Waals surface area contributed by atoms with E-state index in [4.69, 9.17) is 10.2 Å². The molecule has 1 aromatic heterocycles. The minimum absolute atomic E-state index is 0.0518. The highest BCUT2D eigenvalue weighted by atomic mass is 16.4. The fraction of sp³-hybridized carbons (Fsp3) is 0.250. The van der Waals surface area contributed by atoms with Crippen molar-refractivity contribution < 1.29 is 19.8 Å².